The van der Waals surface area contributed by atoms with Gasteiger partial charge in [-0.05, 0) is 30.2 Å². The highest BCUT2D eigenvalue weighted by atomic mass is 32.2. The molecular weight excluding hydrogens is 286 g/mol. The number of nitrogens with zero attached hydrogens (tertiary/aromatic N) is 1. The van der Waals surface area contributed by atoms with Crippen molar-refractivity contribution in [2.24, 2.45) is 0 Å². The zero-order valence-electron chi connectivity index (χ0n) is 12.1. The molecule has 5 nitrogen and oxygen atoms in total. The molecule has 0 amide bonds. The van der Waals surface area contributed by atoms with E-state index in [1.165, 1.54) is 11.4 Å². The lowest BCUT2D eigenvalue weighted by molar-refractivity contribution is 0.471. The normalized spacial score (nSPS) is 11.6. The Hall–Kier alpha value is -2.05. The van der Waals surface area contributed by atoms with Gasteiger partial charge in [0.2, 0.25) is 0 Å². The van der Waals surface area contributed by atoms with E-state index < -0.39 is 10.2 Å². The minimum atomic E-state index is -3.62. The van der Waals surface area contributed by atoms with E-state index in [1.807, 2.05) is 30.3 Å². The Morgan fingerprint density at radius 3 is 2.43 bits per heavy atom. The fourth-order valence-corrected chi connectivity index (χ4v) is 2.88. The Balaban J connectivity index is 2.16. The van der Waals surface area contributed by atoms with Crippen LogP contribution in [0.1, 0.15) is 11.1 Å². The lowest BCUT2D eigenvalue weighted by Gasteiger charge is -2.19. The second-order valence-corrected chi connectivity index (χ2v) is 6.65. The van der Waals surface area contributed by atoms with E-state index in [0.717, 1.165) is 5.56 Å². The summed E-state index contributed by atoms with van der Waals surface area (Å²) in [6, 6.07) is 14.6. The summed E-state index contributed by atoms with van der Waals surface area (Å²) in [6.07, 6.45) is 0. The monoisotopic (exact) mass is 305 g/mol. The zero-order valence-corrected chi connectivity index (χ0v) is 12.9. The molecule has 2 aromatic rings. The molecule has 2 rings (SSSR count). The molecule has 3 N–H and O–H groups in total. The molecule has 0 atom stereocenters. The first kappa shape index (κ1) is 15.3. The summed E-state index contributed by atoms with van der Waals surface area (Å²) in [5.74, 6) is 0. The van der Waals surface area contributed by atoms with Crippen LogP contribution in [0.2, 0.25) is 0 Å². The predicted octanol–water partition coefficient (Wildman–Crippen LogP) is 2.37. The fourth-order valence-electron chi connectivity index (χ4n) is 1.91. The number of nitrogens with one attached hydrogen (secondary N) is 1. The van der Waals surface area contributed by atoms with Gasteiger partial charge in [0.15, 0.2) is 0 Å². The van der Waals surface area contributed by atoms with E-state index in [4.69, 9.17) is 5.73 Å². The van der Waals surface area contributed by atoms with E-state index in [-0.39, 0.29) is 0 Å². The molecule has 0 aliphatic rings. The number of hydrogen-bond acceptors (Lipinski definition) is 3. The molecule has 0 saturated heterocycles. The number of hydrogen-bond donors (Lipinski definition) is 2. The quantitative estimate of drug-likeness (QED) is 0.833. The van der Waals surface area contributed by atoms with Gasteiger partial charge in [-0.2, -0.15) is 12.7 Å². The molecule has 0 bridgehead atoms. The highest BCUT2D eigenvalue weighted by molar-refractivity contribution is 7.90. The molecule has 0 unspecified atom stereocenters. The maximum absolute atomic E-state index is 12.3. The fraction of sp³-hybridized carbons (Fsp3) is 0.200. The minimum absolute atomic E-state index is 0.303. The molecule has 0 spiro atoms. The first-order chi connectivity index (χ1) is 9.90. The van der Waals surface area contributed by atoms with Gasteiger partial charge in [0.1, 0.15) is 0 Å². The van der Waals surface area contributed by atoms with Gasteiger partial charge in [0, 0.05) is 19.3 Å². The van der Waals surface area contributed by atoms with E-state index in [1.54, 1.807) is 25.1 Å². The van der Waals surface area contributed by atoms with E-state index in [2.05, 4.69) is 4.72 Å². The Kier molecular flexibility index (Phi) is 4.50. The van der Waals surface area contributed by atoms with E-state index in [0.29, 0.717) is 23.5 Å². The van der Waals surface area contributed by atoms with Crippen LogP contribution < -0.4 is 10.5 Å². The minimum Gasteiger partial charge on any atom is -0.398 e. The number of nitrogen functional groups attached to an aromatic ring is 1. The van der Waals surface area contributed by atoms with Crippen LogP contribution in [0.4, 0.5) is 11.4 Å². The van der Waals surface area contributed by atoms with Crippen LogP contribution in [0.15, 0.2) is 48.5 Å². The molecular formula is C15H19N3O2S. The van der Waals surface area contributed by atoms with Crippen molar-refractivity contribution in [3.63, 3.8) is 0 Å². The van der Waals surface area contributed by atoms with Crippen molar-refractivity contribution in [2.45, 2.75) is 13.5 Å². The molecule has 0 aliphatic carbocycles. The molecule has 6 heteroatoms. The molecule has 0 heterocycles. The smallest absolute Gasteiger partial charge is 0.301 e. The summed E-state index contributed by atoms with van der Waals surface area (Å²) in [5, 5.41) is 0. The molecule has 2 aromatic carbocycles. The van der Waals surface area contributed by atoms with Crippen LogP contribution in [0.25, 0.3) is 0 Å². The average molecular weight is 305 g/mol. The summed E-state index contributed by atoms with van der Waals surface area (Å²) >= 11 is 0. The Morgan fingerprint density at radius 2 is 1.76 bits per heavy atom. The lowest BCUT2D eigenvalue weighted by Crippen LogP contribution is -2.32. The highest BCUT2D eigenvalue weighted by Crippen LogP contribution is 2.22. The second-order valence-electron chi connectivity index (χ2n) is 4.87. The number of anilines is 2. The molecule has 21 heavy (non-hydrogen) atoms. The van der Waals surface area contributed by atoms with Gasteiger partial charge >= 0.3 is 10.2 Å². The summed E-state index contributed by atoms with van der Waals surface area (Å²) in [7, 11) is -2.08. The number of rotatable bonds is 5. The van der Waals surface area contributed by atoms with Crippen molar-refractivity contribution >= 4 is 21.6 Å². The van der Waals surface area contributed by atoms with Crippen LogP contribution in [0, 0.1) is 6.92 Å². The summed E-state index contributed by atoms with van der Waals surface area (Å²) in [4.78, 5) is 0. The maximum Gasteiger partial charge on any atom is 0.301 e. The van der Waals surface area contributed by atoms with Gasteiger partial charge in [-0.1, -0.05) is 36.4 Å². The zero-order chi connectivity index (χ0) is 15.5. The standard InChI is InChI=1S/C15H19N3O2S/c1-12-14(16)9-6-10-15(12)17-21(19,20)18(2)11-13-7-4-3-5-8-13/h3-10,17H,11,16H2,1-2H3. The predicted molar refractivity (Wildman–Crippen MR) is 86.0 cm³/mol. The summed E-state index contributed by atoms with van der Waals surface area (Å²) in [5.41, 5.74) is 8.48. The van der Waals surface area contributed by atoms with Gasteiger partial charge < -0.3 is 5.73 Å². The van der Waals surface area contributed by atoms with Crippen LogP contribution in [0.3, 0.4) is 0 Å². The third-order valence-corrected chi connectivity index (χ3v) is 4.70. The Morgan fingerprint density at radius 1 is 1.10 bits per heavy atom. The first-order valence-electron chi connectivity index (χ1n) is 6.53. The van der Waals surface area contributed by atoms with Crippen molar-refractivity contribution < 1.29 is 8.42 Å². The van der Waals surface area contributed by atoms with E-state index in [9.17, 15) is 8.42 Å². The topological polar surface area (TPSA) is 75.4 Å². The van der Waals surface area contributed by atoms with Crippen molar-refractivity contribution in [1.82, 2.24) is 4.31 Å². The lowest BCUT2D eigenvalue weighted by atomic mass is 10.2. The van der Waals surface area contributed by atoms with E-state index >= 15 is 0 Å². The van der Waals surface area contributed by atoms with Gasteiger partial charge in [-0.25, -0.2) is 0 Å². The van der Waals surface area contributed by atoms with Gasteiger partial charge in [0.05, 0.1) is 5.69 Å². The van der Waals surface area contributed by atoms with Crippen LogP contribution in [0.5, 0.6) is 0 Å². The number of nitrogens with two attached hydrogens (primary N) is 1. The Labute approximate surface area is 125 Å². The van der Waals surface area contributed by atoms with Crippen LogP contribution in [-0.4, -0.2) is 19.8 Å². The van der Waals surface area contributed by atoms with Gasteiger partial charge in [-0.15, -0.1) is 0 Å². The molecule has 112 valence electrons. The van der Waals surface area contributed by atoms with Crippen molar-refractivity contribution in [3.05, 3.63) is 59.7 Å². The Bertz CT molecular complexity index is 715. The van der Waals surface area contributed by atoms with Crippen molar-refractivity contribution in [3.8, 4) is 0 Å². The number of benzene rings is 2. The van der Waals surface area contributed by atoms with Gasteiger partial charge in [-0.3, -0.25) is 4.72 Å². The average Bonchev–Trinajstić information content (AvgIpc) is 2.45. The summed E-state index contributed by atoms with van der Waals surface area (Å²) in [6.45, 7) is 2.09. The van der Waals surface area contributed by atoms with Crippen molar-refractivity contribution in [2.75, 3.05) is 17.5 Å². The van der Waals surface area contributed by atoms with Gasteiger partial charge in [0.25, 0.3) is 0 Å². The molecule has 0 fully saturated rings. The largest absolute Gasteiger partial charge is 0.398 e. The molecule has 0 aromatic heterocycles. The maximum atomic E-state index is 12.3. The second kappa shape index (κ2) is 6.15. The van der Waals surface area contributed by atoms with Crippen LogP contribution >= 0.6 is 0 Å². The summed E-state index contributed by atoms with van der Waals surface area (Å²) < 4.78 is 28.5. The molecule has 0 saturated carbocycles. The first-order valence-corrected chi connectivity index (χ1v) is 7.97. The third kappa shape index (κ3) is 3.74. The molecule has 0 radical (unpaired) electrons. The molecule has 0 aliphatic heterocycles. The highest BCUT2D eigenvalue weighted by Gasteiger charge is 2.18. The van der Waals surface area contributed by atoms with Crippen LogP contribution in [-0.2, 0) is 16.8 Å². The SMILES string of the molecule is Cc1c(N)cccc1NS(=O)(=O)N(C)Cc1ccccc1. The van der Waals surface area contributed by atoms with Crippen molar-refractivity contribution in [1.29, 1.82) is 0 Å². The third-order valence-electron chi connectivity index (χ3n) is 3.27.